The molecule has 5 heteroatoms. The summed E-state index contributed by atoms with van der Waals surface area (Å²) in [5, 5.41) is 11.1. The molecule has 1 atom stereocenters. The Morgan fingerprint density at radius 2 is 1.75 bits per heavy atom. The molecule has 28 heavy (non-hydrogen) atoms. The van der Waals surface area contributed by atoms with Crippen LogP contribution in [-0.2, 0) is 0 Å². The van der Waals surface area contributed by atoms with Crippen LogP contribution in [0.15, 0.2) is 53.4 Å². The Morgan fingerprint density at radius 1 is 1.04 bits per heavy atom. The number of aliphatic hydroxyl groups is 1. The highest BCUT2D eigenvalue weighted by Gasteiger charge is 2.19. The predicted molar refractivity (Wildman–Crippen MR) is 122 cm³/mol. The number of hydrogen-bond acceptors (Lipinski definition) is 4. The van der Waals surface area contributed by atoms with Crippen LogP contribution in [0.1, 0.15) is 37.9 Å². The van der Waals surface area contributed by atoms with Crippen LogP contribution >= 0.6 is 23.4 Å². The lowest BCUT2D eigenvalue weighted by Crippen LogP contribution is -2.46. The van der Waals surface area contributed by atoms with Gasteiger partial charge in [-0.1, -0.05) is 42.8 Å². The van der Waals surface area contributed by atoms with Gasteiger partial charge in [-0.3, -0.25) is 4.90 Å². The highest BCUT2D eigenvalue weighted by molar-refractivity contribution is 7.99. The van der Waals surface area contributed by atoms with E-state index in [0.29, 0.717) is 5.02 Å². The van der Waals surface area contributed by atoms with Crippen molar-refractivity contribution in [3.05, 3.63) is 59.1 Å². The summed E-state index contributed by atoms with van der Waals surface area (Å²) >= 11 is 7.89. The predicted octanol–water partition coefficient (Wildman–Crippen LogP) is 5.48. The van der Waals surface area contributed by atoms with E-state index in [2.05, 4.69) is 41.0 Å². The molecule has 0 amide bonds. The van der Waals surface area contributed by atoms with Crippen LogP contribution in [-0.4, -0.2) is 48.5 Å². The first kappa shape index (κ1) is 21.5. The average molecular weight is 419 g/mol. The van der Waals surface area contributed by atoms with Crippen LogP contribution in [0.5, 0.6) is 0 Å². The highest BCUT2D eigenvalue weighted by Crippen LogP contribution is 2.31. The molecule has 0 saturated carbocycles. The van der Waals surface area contributed by atoms with Gasteiger partial charge in [0.1, 0.15) is 0 Å². The zero-order valence-corrected chi connectivity index (χ0v) is 18.3. The summed E-state index contributed by atoms with van der Waals surface area (Å²) in [6.45, 7) is 7.60. The summed E-state index contributed by atoms with van der Waals surface area (Å²) in [6, 6.07) is 16.3. The lowest BCUT2D eigenvalue weighted by molar-refractivity contribution is 0.154. The third-order valence-corrected chi connectivity index (χ3v) is 6.77. The smallest absolute Gasteiger partial charge is 0.0790 e. The third-order valence-electron chi connectivity index (χ3n) is 5.25. The zero-order valence-electron chi connectivity index (χ0n) is 16.7. The summed E-state index contributed by atoms with van der Waals surface area (Å²) in [4.78, 5) is 6.45. The van der Waals surface area contributed by atoms with E-state index >= 15 is 0 Å². The van der Waals surface area contributed by atoms with E-state index in [1.807, 2.05) is 36.0 Å². The molecular formula is C23H31ClN2OS. The van der Waals surface area contributed by atoms with Gasteiger partial charge in [0.2, 0.25) is 0 Å². The number of benzene rings is 2. The fraction of sp³-hybridized carbons (Fsp3) is 0.478. The number of hydrogen-bond donors (Lipinski definition) is 1. The van der Waals surface area contributed by atoms with E-state index in [1.165, 1.54) is 22.8 Å². The molecular weight excluding hydrogens is 388 g/mol. The number of anilines is 1. The molecule has 3 rings (SSSR count). The summed E-state index contributed by atoms with van der Waals surface area (Å²) in [5.41, 5.74) is 2.34. The first-order valence-electron chi connectivity index (χ1n) is 10.3. The minimum absolute atomic E-state index is 0.402. The molecule has 0 bridgehead atoms. The van der Waals surface area contributed by atoms with Crippen molar-refractivity contribution in [1.29, 1.82) is 0 Å². The van der Waals surface area contributed by atoms with Crippen molar-refractivity contribution in [2.24, 2.45) is 0 Å². The van der Waals surface area contributed by atoms with E-state index in [9.17, 15) is 5.11 Å². The molecule has 1 saturated heterocycles. The molecule has 0 spiro atoms. The molecule has 1 N–H and O–H groups in total. The van der Waals surface area contributed by atoms with Gasteiger partial charge in [-0.05, 0) is 61.4 Å². The van der Waals surface area contributed by atoms with Crippen LogP contribution in [0.3, 0.4) is 0 Å². The Hall–Kier alpha value is -1.20. The Morgan fingerprint density at radius 3 is 2.46 bits per heavy atom. The summed E-state index contributed by atoms with van der Waals surface area (Å²) in [7, 11) is 0. The van der Waals surface area contributed by atoms with Crippen molar-refractivity contribution < 1.29 is 5.11 Å². The molecule has 1 fully saturated rings. The summed E-state index contributed by atoms with van der Waals surface area (Å²) < 4.78 is 0. The van der Waals surface area contributed by atoms with E-state index in [0.717, 1.165) is 51.1 Å². The largest absolute Gasteiger partial charge is 0.388 e. The van der Waals surface area contributed by atoms with E-state index in [4.69, 9.17) is 11.6 Å². The standard InChI is InChI=1S/C23H31ClN2OS/c1-2-18-28-23-8-4-3-6-21(23)26-16-14-25(15-17-26)13-5-7-22(27)19-9-11-20(24)12-10-19/h3-4,6,8-12,22,27H,2,5,7,13-18H2,1H3/t22-/m1/s1. The van der Waals surface area contributed by atoms with Crippen LogP contribution in [0.4, 0.5) is 5.69 Å². The Labute approximate surface area is 178 Å². The number of aliphatic hydroxyl groups excluding tert-OH is 1. The van der Waals surface area contributed by atoms with Gasteiger partial charge in [-0.2, -0.15) is 0 Å². The van der Waals surface area contributed by atoms with Crippen molar-refractivity contribution in [1.82, 2.24) is 4.90 Å². The molecule has 3 nitrogen and oxygen atoms in total. The minimum atomic E-state index is -0.402. The number of nitrogens with zero attached hydrogens (tertiary/aromatic N) is 2. The molecule has 0 aromatic heterocycles. The van der Waals surface area contributed by atoms with Crippen LogP contribution in [0, 0.1) is 0 Å². The maximum Gasteiger partial charge on any atom is 0.0790 e. The Bertz CT molecular complexity index is 717. The van der Waals surface area contributed by atoms with Crippen molar-refractivity contribution in [3.63, 3.8) is 0 Å². The number of thioether (sulfide) groups is 1. The normalized spacial score (nSPS) is 16.3. The van der Waals surface area contributed by atoms with Crippen molar-refractivity contribution in [2.75, 3.05) is 43.4 Å². The van der Waals surface area contributed by atoms with Crippen LogP contribution in [0.2, 0.25) is 5.02 Å². The van der Waals surface area contributed by atoms with Gasteiger partial charge in [0.15, 0.2) is 0 Å². The summed E-state index contributed by atoms with van der Waals surface area (Å²) in [6.07, 6.45) is 2.60. The Kier molecular flexibility index (Phi) is 8.53. The second-order valence-electron chi connectivity index (χ2n) is 7.35. The maximum atomic E-state index is 10.4. The van der Waals surface area contributed by atoms with E-state index in [-0.39, 0.29) is 0 Å². The summed E-state index contributed by atoms with van der Waals surface area (Å²) in [5.74, 6) is 1.17. The number of halogens is 1. The third kappa shape index (κ3) is 6.15. The number of piperazine rings is 1. The first-order chi connectivity index (χ1) is 13.7. The van der Waals surface area contributed by atoms with Gasteiger partial charge in [0.05, 0.1) is 11.8 Å². The van der Waals surface area contributed by atoms with E-state index in [1.54, 1.807) is 0 Å². The van der Waals surface area contributed by atoms with Crippen molar-refractivity contribution >= 4 is 29.1 Å². The first-order valence-corrected chi connectivity index (χ1v) is 11.7. The lowest BCUT2D eigenvalue weighted by atomic mass is 10.0. The molecule has 1 aliphatic heterocycles. The quantitative estimate of drug-likeness (QED) is 0.545. The molecule has 0 radical (unpaired) electrons. The monoisotopic (exact) mass is 418 g/mol. The van der Waals surface area contributed by atoms with Crippen molar-refractivity contribution in [2.45, 2.75) is 37.2 Å². The molecule has 2 aromatic carbocycles. The van der Waals surface area contributed by atoms with Gasteiger partial charge in [-0.15, -0.1) is 11.8 Å². The average Bonchev–Trinajstić information content (AvgIpc) is 2.73. The second-order valence-corrected chi connectivity index (χ2v) is 8.93. The molecule has 152 valence electrons. The number of para-hydroxylation sites is 1. The fourth-order valence-corrected chi connectivity index (χ4v) is 4.69. The van der Waals surface area contributed by atoms with Gasteiger partial charge >= 0.3 is 0 Å². The van der Waals surface area contributed by atoms with Gasteiger partial charge in [0.25, 0.3) is 0 Å². The lowest BCUT2D eigenvalue weighted by Gasteiger charge is -2.37. The molecule has 0 aliphatic carbocycles. The minimum Gasteiger partial charge on any atom is -0.388 e. The van der Waals surface area contributed by atoms with Crippen molar-refractivity contribution in [3.8, 4) is 0 Å². The topological polar surface area (TPSA) is 26.7 Å². The molecule has 1 aliphatic rings. The van der Waals surface area contributed by atoms with Gasteiger partial charge < -0.3 is 10.0 Å². The molecule has 0 unspecified atom stereocenters. The number of rotatable bonds is 9. The fourth-order valence-electron chi connectivity index (χ4n) is 3.62. The molecule has 2 aromatic rings. The Balaban J connectivity index is 1.43. The van der Waals surface area contributed by atoms with Gasteiger partial charge in [-0.25, -0.2) is 0 Å². The second kappa shape index (κ2) is 11.1. The highest BCUT2D eigenvalue weighted by atomic mass is 35.5. The van der Waals surface area contributed by atoms with Crippen LogP contribution in [0.25, 0.3) is 0 Å². The van der Waals surface area contributed by atoms with Gasteiger partial charge in [0, 0.05) is 36.1 Å². The van der Waals surface area contributed by atoms with E-state index < -0.39 is 6.10 Å². The van der Waals surface area contributed by atoms with Crippen LogP contribution < -0.4 is 4.90 Å². The zero-order chi connectivity index (χ0) is 19.8. The maximum absolute atomic E-state index is 10.4. The SMILES string of the molecule is CCCSc1ccccc1N1CCN(CCC[C@@H](O)c2ccc(Cl)cc2)CC1. The molecule has 1 heterocycles.